The highest BCUT2D eigenvalue weighted by molar-refractivity contribution is 5.11. The number of aryl methyl sites for hydroxylation is 1. The maximum atomic E-state index is 9.93. The lowest BCUT2D eigenvalue weighted by atomic mass is 9.84. The van der Waals surface area contributed by atoms with Crippen LogP contribution in [-0.2, 0) is 0 Å². The topological polar surface area (TPSA) is 59.4 Å². The van der Waals surface area contributed by atoms with Gasteiger partial charge in [-0.05, 0) is 24.5 Å². The lowest BCUT2D eigenvalue weighted by Gasteiger charge is -2.29. The normalized spacial score (nSPS) is 16.7. The van der Waals surface area contributed by atoms with Crippen molar-refractivity contribution in [2.45, 2.75) is 39.8 Å². The Bertz CT molecular complexity index is 298. The Labute approximate surface area is 84.9 Å². The summed E-state index contributed by atoms with van der Waals surface area (Å²) >= 11 is 0. The van der Waals surface area contributed by atoms with Crippen LogP contribution in [0.25, 0.3) is 0 Å². The molecule has 3 N–H and O–H groups in total. The number of aliphatic hydroxyl groups is 1. The number of hydrogen-bond acceptors (Lipinski definition) is 3. The van der Waals surface area contributed by atoms with Crippen molar-refractivity contribution in [3.05, 3.63) is 23.7 Å². The molecule has 0 bridgehead atoms. The van der Waals surface area contributed by atoms with Gasteiger partial charge in [0.05, 0.1) is 12.1 Å². The van der Waals surface area contributed by atoms with E-state index in [0.717, 1.165) is 5.76 Å². The molecule has 0 fully saturated rings. The van der Waals surface area contributed by atoms with Crippen LogP contribution in [0.1, 0.15) is 38.3 Å². The molecule has 0 saturated heterocycles. The maximum Gasteiger partial charge on any atom is 0.123 e. The van der Waals surface area contributed by atoms with Crippen LogP contribution >= 0.6 is 0 Å². The van der Waals surface area contributed by atoms with Crippen molar-refractivity contribution in [1.29, 1.82) is 0 Å². The summed E-state index contributed by atoms with van der Waals surface area (Å²) in [5.41, 5.74) is 5.66. The first kappa shape index (κ1) is 11.3. The van der Waals surface area contributed by atoms with E-state index < -0.39 is 12.1 Å². The molecule has 1 aromatic heterocycles. The summed E-state index contributed by atoms with van der Waals surface area (Å²) in [5.74, 6) is 1.46. The second-order valence-corrected chi connectivity index (χ2v) is 4.79. The average Bonchev–Trinajstić information content (AvgIpc) is 2.47. The molecule has 0 spiro atoms. The highest BCUT2D eigenvalue weighted by atomic mass is 16.3. The van der Waals surface area contributed by atoms with Crippen LogP contribution in [0.4, 0.5) is 0 Å². The van der Waals surface area contributed by atoms with Gasteiger partial charge in [0.25, 0.3) is 0 Å². The van der Waals surface area contributed by atoms with Gasteiger partial charge in [-0.3, -0.25) is 0 Å². The molecule has 0 aliphatic carbocycles. The zero-order chi connectivity index (χ0) is 10.9. The van der Waals surface area contributed by atoms with E-state index in [1.54, 1.807) is 0 Å². The quantitative estimate of drug-likeness (QED) is 0.762. The van der Waals surface area contributed by atoms with Gasteiger partial charge >= 0.3 is 0 Å². The Morgan fingerprint density at radius 1 is 1.36 bits per heavy atom. The van der Waals surface area contributed by atoms with E-state index in [1.807, 2.05) is 39.8 Å². The lowest BCUT2D eigenvalue weighted by Crippen LogP contribution is -2.36. The Balaban J connectivity index is 2.80. The standard InChI is InChI=1S/C11H19NO2/c1-7-5-6-8(14-7)9(12)10(13)11(2,3)4/h5-6,9-10,13H,12H2,1-4H3/t9-,10-/m0/s1. The fourth-order valence-electron chi connectivity index (χ4n) is 1.33. The van der Waals surface area contributed by atoms with Gasteiger partial charge in [-0.2, -0.15) is 0 Å². The summed E-state index contributed by atoms with van der Waals surface area (Å²) in [6.07, 6.45) is -0.604. The Morgan fingerprint density at radius 2 is 1.93 bits per heavy atom. The van der Waals surface area contributed by atoms with Crippen LogP contribution in [0.3, 0.4) is 0 Å². The van der Waals surface area contributed by atoms with Crippen LogP contribution in [-0.4, -0.2) is 11.2 Å². The number of furan rings is 1. The molecular weight excluding hydrogens is 178 g/mol. The molecule has 1 aromatic rings. The van der Waals surface area contributed by atoms with Crippen LogP contribution in [0.2, 0.25) is 0 Å². The molecule has 1 rings (SSSR count). The zero-order valence-corrected chi connectivity index (χ0v) is 9.24. The van der Waals surface area contributed by atoms with Crippen molar-refractivity contribution in [3.8, 4) is 0 Å². The van der Waals surface area contributed by atoms with Gasteiger partial charge in [0.15, 0.2) is 0 Å². The minimum Gasteiger partial charge on any atom is -0.465 e. The van der Waals surface area contributed by atoms with E-state index in [1.165, 1.54) is 0 Å². The van der Waals surface area contributed by atoms with E-state index in [0.29, 0.717) is 5.76 Å². The molecule has 0 radical (unpaired) electrons. The number of nitrogens with two attached hydrogens (primary N) is 1. The van der Waals surface area contributed by atoms with Gasteiger partial charge < -0.3 is 15.3 Å². The first-order chi connectivity index (χ1) is 6.32. The highest BCUT2D eigenvalue weighted by Crippen LogP contribution is 2.29. The summed E-state index contributed by atoms with van der Waals surface area (Å²) in [5, 5.41) is 9.93. The summed E-state index contributed by atoms with van der Waals surface area (Å²) in [4.78, 5) is 0. The lowest BCUT2D eigenvalue weighted by molar-refractivity contribution is 0.0340. The summed E-state index contributed by atoms with van der Waals surface area (Å²) in [7, 11) is 0. The van der Waals surface area contributed by atoms with E-state index in [-0.39, 0.29) is 5.41 Å². The maximum absolute atomic E-state index is 9.93. The molecular formula is C11H19NO2. The molecule has 80 valence electrons. The Kier molecular flexibility index (Phi) is 3.02. The van der Waals surface area contributed by atoms with Crippen LogP contribution in [0, 0.1) is 12.3 Å². The van der Waals surface area contributed by atoms with Gasteiger partial charge in [0.1, 0.15) is 11.5 Å². The third kappa shape index (κ3) is 2.36. The van der Waals surface area contributed by atoms with Crippen molar-refractivity contribution in [2.24, 2.45) is 11.1 Å². The monoisotopic (exact) mass is 197 g/mol. The number of rotatable bonds is 2. The predicted molar refractivity (Wildman–Crippen MR) is 55.8 cm³/mol. The van der Waals surface area contributed by atoms with Crippen LogP contribution < -0.4 is 5.73 Å². The number of aliphatic hydroxyl groups excluding tert-OH is 1. The first-order valence-corrected chi connectivity index (χ1v) is 4.82. The van der Waals surface area contributed by atoms with E-state index in [4.69, 9.17) is 10.2 Å². The molecule has 0 aliphatic rings. The molecule has 14 heavy (non-hydrogen) atoms. The summed E-state index contributed by atoms with van der Waals surface area (Å²) in [6.45, 7) is 7.72. The fraction of sp³-hybridized carbons (Fsp3) is 0.636. The second kappa shape index (κ2) is 3.75. The highest BCUT2D eigenvalue weighted by Gasteiger charge is 2.30. The molecule has 3 heteroatoms. The predicted octanol–water partition coefficient (Wildman–Crippen LogP) is 1.99. The SMILES string of the molecule is Cc1ccc([C@H](N)[C@H](O)C(C)(C)C)o1. The molecule has 2 atom stereocenters. The van der Waals surface area contributed by atoms with E-state index in [2.05, 4.69) is 0 Å². The van der Waals surface area contributed by atoms with Crippen LogP contribution in [0.15, 0.2) is 16.5 Å². The van der Waals surface area contributed by atoms with Gasteiger partial charge in [0, 0.05) is 0 Å². The van der Waals surface area contributed by atoms with Crippen molar-refractivity contribution in [1.82, 2.24) is 0 Å². The average molecular weight is 197 g/mol. The second-order valence-electron chi connectivity index (χ2n) is 4.79. The fourth-order valence-corrected chi connectivity index (χ4v) is 1.33. The van der Waals surface area contributed by atoms with E-state index >= 15 is 0 Å². The third-order valence-electron chi connectivity index (χ3n) is 2.32. The summed E-state index contributed by atoms with van der Waals surface area (Å²) < 4.78 is 5.38. The van der Waals surface area contributed by atoms with Gasteiger partial charge in [0.2, 0.25) is 0 Å². The largest absolute Gasteiger partial charge is 0.465 e. The number of hydrogen-bond donors (Lipinski definition) is 2. The molecule has 1 heterocycles. The summed E-state index contributed by atoms with van der Waals surface area (Å²) in [6, 6.07) is 3.21. The van der Waals surface area contributed by atoms with Gasteiger partial charge in [-0.1, -0.05) is 20.8 Å². The van der Waals surface area contributed by atoms with E-state index in [9.17, 15) is 5.11 Å². The molecule has 0 saturated carbocycles. The van der Waals surface area contributed by atoms with Crippen molar-refractivity contribution in [3.63, 3.8) is 0 Å². The molecule has 0 aromatic carbocycles. The van der Waals surface area contributed by atoms with Gasteiger partial charge in [-0.15, -0.1) is 0 Å². The Hall–Kier alpha value is -0.800. The minimum absolute atomic E-state index is 0.236. The third-order valence-corrected chi connectivity index (χ3v) is 2.32. The molecule has 0 unspecified atom stereocenters. The van der Waals surface area contributed by atoms with Crippen molar-refractivity contribution < 1.29 is 9.52 Å². The first-order valence-electron chi connectivity index (χ1n) is 4.82. The molecule has 0 aliphatic heterocycles. The van der Waals surface area contributed by atoms with Crippen molar-refractivity contribution >= 4 is 0 Å². The van der Waals surface area contributed by atoms with Gasteiger partial charge in [-0.25, -0.2) is 0 Å². The molecule has 0 amide bonds. The van der Waals surface area contributed by atoms with Crippen molar-refractivity contribution in [2.75, 3.05) is 0 Å². The smallest absolute Gasteiger partial charge is 0.123 e. The molecule has 3 nitrogen and oxygen atoms in total. The zero-order valence-electron chi connectivity index (χ0n) is 9.24. The van der Waals surface area contributed by atoms with Crippen LogP contribution in [0.5, 0.6) is 0 Å². The minimum atomic E-state index is -0.604. The Morgan fingerprint density at radius 3 is 2.29 bits per heavy atom.